The fourth-order valence-electron chi connectivity index (χ4n) is 1.98. The van der Waals surface area contributed by atoms with Crippen molar-refractivity contribution in [2.45, 2.75) is 6.92 Å². The summed E-state index contributed by atoms with van der Waals surface area (Å²) in [6.07, 6.45) is 1.38. The van der Waals surface area contributed by atoms with Gasteiger partial charge in [-0.3, -0.25) is 4.79 Å². The van der Waals surface area contributed by atoms with Crippen LogP contribution in [0.1, 0.15) is 5.56 Å². The van der Waals surface area contributed by atoms with E-state index in [0.29, 0.717) is 11.4 Å². The lowest BCUT2D eigenvalue weighted by Gasteiger charge is -2.09. The zero-order valence-corrected chi connectivity index (χ0v) is 14.8. The molecule has 0 radical (unpaired) electrons. The normalized spacial score (nSPS) is 10.7. The van der Waals surface area contributed by atoms with E-state index in [2.05, 4.69) is 26.6 Å². The smallest absolute Gasteiger partial charge is 0.267 e. The molecule has 2 N–H and O–H groups in total. The van der Waals surface area contributed by atoms with E-state index in [1.54, 1.807) is 24.3 Å². The van der Waals surface area contributed by atoms with Gasteiger partial charge in [0.1, 0.15) is 17.4 Å². The molecule has 1 amide bonds. The van der Waals surface area contributed by atoms with Crippen molar-refractivity contribution in [3.63, 3.8) is 0 Å². The molecule has 0 spiro atoms. The average molecular weight is 386 g/mol. The van der Waals surface area contributed by atoms with Crippen LogP contribution < -0.4 is 15.4 Å². The third-order valence-electron chi connectivity index (χ3n) is 3.26. The van der Waals surface area contributed by atoms with Crippen LogP contribution in [0.2, 0.25) is 0 Å². The van der Waals surface area contributed by atoms with Gasteiger partial charge in [-0.1, -0.05) is 28.1 Å². The highest BCUT2D eigenvalue weighted by Crippen LogP contribution is 2.24. The molecule has 24 heavy (non-hydrogen) atoms. The van der Waals surface area contributed by atoms with Crippen molar-refractivity contribution >= 4 is 33.2 Å². The molecule has 6 heteroatoms. The summed E-state index contributed by atoms with van der Waals surface area (Å²) in [5.41, 5.74) is 2.30. The number of ether oxygens (including phenoxy) is 1. The molecule has 0 unspecified atom stereocenters. The topological polar surface area (TPSA) is 74.1 Å². The van der Waals surface area contributed by atoms with E-state index in [0.717, 1.165) is 15.7 Å². The van der Waals surface area contributed by atoms with Crippen molar-refractivity contribution in [2.24, 2.45) is 0 Å². The number of hydrogen-bond acceptors (Lipinski definition) is 4. The summed E-state index contributed by atoms with van der Waals surface area (Å²) in [6.45, 7) is 1.96. The van der Waals surface area contributed by atoms with E-state index in [4.69, 9.17) is 4.74 Å². The second kappa shape index (κ2) is 8.18. The quantitative estimate of drug-likeness (QED) is 0.596. The zero-order valence-electron chi connectivity index (χ0n) is 13.3. The lowest BCUT2D eigenvalue weighted by Crippen LogP contribution is -2.15. The van der Waals surface area contributed by atoms with Gasteiger partial charge in [-0.2, -0.15) is 5.26 Å². The molecule has 0 aliphatic heterocycles. The van der Waals surface area contributed by atoms with E-state index >= 15 is 0 Å². The first-order chi connectivity index (χ1) is 11.5. The molecule has 2 aromatic carbocycles. The maximum absolute atomic E-state index is 12.2. The predicted octanol–water partition coefficient (Wildman–Crippen LogP) is 4.22. The van der Waals surface area contributed by atoms with E-state index < -0.39 is 5.91 Å². The van der Waals surface area contributed by atoms with Crippen LogP contribution in [0.3, 0.4) is 0 Å². The Morgan fingerprint density at radius 3 is 2.71 bits per heavy atom. The molecule has 0 aliphatic carbocycles. The molecule has 0 atom stereocenters. The highest BCUT2D eigenvalue weighted by Gasteiger charge is 2.11. The molecular weight excluding hydrogens is 370 g/mol. The van der Waals surface area contributed by atoms with E-state index in [1.165, 1.54) is 13.3 Å². The van der Waals surface area contributed by atoms with Gasteiger partial charge in [0, 0.05) is 16.4 Å². The molecule has 5 nitrogen and oxygen atoms in total. The van der Waals surface area contributed by atoms with Crippen molar-refractivity contribution in [3.8, 4) is 11.8 Å². The van der Waals surface area contributed by atoms with Gasteiger partial charge in [-0.05, 0) is 42.8 Å². The molecule has 122 valence electrons. The number of nitriles is 1. The summed E-state index contributed by atoms with van der Waals surface area (Å²) in [7, 11) is 1.52. The van der Waals surface area contributed by atoms with E-state index in [-0.39, 0.29) is 5.57 Å². The van der Waals surface area contributed by atoms with Gasteiger partial charge in [0.05, 0.1) is 12.8 Å². The minimum Gasteiger partial charge on any atom is -0.495 e. The monoisotopic (exact) mass is 385 g/mol. The second-order valence-corrected chi connectivity index (χ2v) is 5.79. The zero-order chi connectivity index (χ0) is 17.5. The first-order valence-corrected chi connectivity index (χ1v) is 7.91. The molecule has 2 aromatic rings. The molecule has 0 bridgehead atoms. The minimum atomic E-state index is -0.511. The lowest BCUT2D eigenvalue weighted by molar-refractivity contribution is -0.112. The number of rotatable bonds is 5. The number of aryl methyl sites for hydroxylation is 1. The van der Waals surface area contributed by atoms with Crippen LogP contribution >= 0.6 is 15.9 Å². The third-order valence-corrected chi connectivity index (χ3v) is 4.15. The Morgan fingerprint density at radius 2 is 2.04 bits per heavy atom. The molecule has 0 heterocycles. The molecule has 2 rings (SSSR count). The standard InChI is InChI=1S/C18H16BrN3O2/c1-12-9-14(7-8-15(12)19)21-11-13(10-20)18(23)22-16-5-3-4-6-17(16)24-2/h3-9,11,21H,1-2H3,(H,22,23)/b13-11-. The maximum atomic E-state index is 12.2. The van der Waals surface area contributed by atoms with Crippen LogP contribution in [0.25, 0.3) is 0 Å². The van der Waals surface area contributed by atoms with E-state index in [9.17, 15) is 10.1 Å². The maximum Gasteiger partial charge on any atom is 0.267 e. The van der Waals surface area contributed by atoms with Gasteiger partial charge >= 0.3 is 0 Å². The first-order valence-electron chi connectivity index (χ1n) is 7.12. The van der Waals surface area contributed by atoms with Crippen molar-refractivity contribution < 1.29 is 9.53 Å². The predicted molar refractivity (Wildman–Crippen MR) is 97.8 cm³/mol. The minimum absolute atomic E-state index is 0.0403. The van der Waals surface area contributed by atoms with Crippen molar-refractivity contribution in [2.75, 3.05) is 17.7 Å². The number of benzene rings is 2. The van der Waals surface area contributed by atoms with Crippen LogP contribution in [0.15, 0.2) is 58.7 Å². The number of nitrogens with one attached hydrogen (secondary N) is 2. The van der Waals surface area contributed by atoms with Gasteiger partial charge in [-0.25, -0.2) is 0 Å². The van der Waals surface area contributed by atoms with E-state index in [1.807, 2.05) is 31.2 Å². The van der Waals surface area contributed by atoms with Gasteiger partial charge in [0.25, 0.3) is 5.91 Å². The number of para-hydroxylation sites is 2. The van der Waals surface area contributed by atoms with Crippen LogP contribution in [0.5, 0.6) is 5.75 Å². The molecule has 0 fully saturated rings. The molecule has 0 aromatic heterocycles. The highest BCUT2D eigenvalue weighted by molar-refractivity contribution is 9.10. The number of halogens is 1. The first kappa shape index (κ1) is 17.6. The van der Waals surface area contributed by atoms with Crippen LogP contribution in [-0.4, -0.2) is 13.0 Å². The molecule has 0 saturated carbocycles. The van der Waals surface area contributed by atoms with Gasteiger partial charge in [-0.15, -0.1) is 0 Å². The Bertz CT molecular complexity index is 825. The summed E-state index contributed by atoms with van der Waals surface area (Å²) in [5.74, 6) is 0.0166. The van der Waals surface area contributed by atoms with Crippen LogP contribution in [0, 0.1) is 18.3 Å². The SMILES string of the molecule is COc1ccccc1NC(=O)/C(C#N)=C\Nc1ccc(Br)c(C)c1. The number of methoxy groups -OCH3 is 1. The summed E-state index contributed by atoms with van der Waals surface area (Å²) in [4.78, 5) is 12.2. The van der Waals surface area contributed by atoms with Crippen LogP contribution in [-0.2, 0) is 4.79 Å². The number of amides is 1. The second-order valence-electron chi connectivity index (χ2n) is 4.93. The van der Waals surface area contributed by atoms with Crippen molar-refractivity contribution in [3.05, 3.63) is 64.3 Å². The number of anilines is 2. The Labute approximate surface area is 149 Å². The van der Waals surface area contributed by atoms with Gasteiger partial charge in [0.15, 0.2) is 0 Å². The lowest BCUT2D eigenvalue weighted by atomic mass is 10.2. The Morgan fingerprint density at radius 1 is 1.29 bits per heavy atom. The van der Waals surface area contributed by atoms with Gasteiger partial charge < -0.3 is 15.4 Å². The third kappa shape index (κ3) is 4.37. The summed E-state index contributed by atoms with van der Waals surface area (Å²) in [5, 5.41) is 14.8. The number of carbonyl (C=O) groups excluding carboxylic acids is 1. The fourth-order valence-corrected chi connectivity index (χ4v) is 2.22. The average Bonchev–Trinajstić information content (AvgIpc) is 2.59. The van der Waals surface area contributed by atoms with Crippen molar-refractivity contribution in [1.82, 2.24) is 0 Å². The molecular formula is C18H16BrN3O2. The van der Waals surface area contributed by atoms with Crippen LogP contribution in [0.4, 0.5) is 11.4 Å². The Hall–Kier alpha value is -2.78. The summed E-state index contributed by atoms with van der Waals surface area (Å²) >= 11 is 3.43. The largest absolute Gasteiger partial charge is 0.495 e. The highest BCUT2D eigenvalue weighted by atomic mass is 79.9. The summed E-state index contributed by atoms with van der Waals surface area (Å²) < 4.78 is 6.17. The number of hydrogen-bond donors (Lipinski definition) is 2. The summed E-state index contributed by atoms with van der Waals surface area (Å²) in [6, 6.07) is 14.6. The molecule has 0 aliphatic rings. The van der Waals surface area contributed by atoms with Crippen molar-refractivity contribution in [1.29, 1.82) is 5.26 Å². The Kier molecular flexibility index (Phi) is 5.99. The Balaban J connectivity index is 2.13. The number of nitrogens with zero attached hydrogens (tertiary/aromatic N) is 1. The number of carbonyl (C=O) groups is 1. The fraction of sp³-hybridized carbons (Fsp3) is 0.111. The molecule has 0 saturated heterocycles. The van der Waals surface area contributed by atoms with Gasteiger partial charge in [0.2, 0.25) is 0 Å².